The second kappa shape index (κ2) is 4.92. The van der Waals surface area contributed by atoms with E-state index in [-0.39, 0.29) is 11.5 Å². The summed E-state index contributed by atoms with van der Waals surface area (Å²) in [7, 11) is 0. The molecule has 2 N–H and O–H groups in total. The molecule has 0 atom stereocenters. The van der Waals surface area contributed by atoms with Gasteiger partial charge >= 0.3 is 0 Å². The third-order valence-corrected chi connectivity index (χ3v) is 2.70. The number of amides is 1. The summed E-state index contributed by atoms with van der Waals surface area (Å²) in [6, 6.07) is 4.26. The van der Waals surface area contributed by atoms with E-state index in [1.807, 2.05) is 0 Å². The minimum atomic E-state index is -0.547. The van der Waals surface area contributed by atoms with E-state index >= 15 is 0 Å². The van der Waals surface area contributed by atoms with Gasteiger partial charge in [0.15, 0.2) is 0 Å². The van der Waals surface area contributed by atoms with Crippen LogP contribution in [0, 0.1) is 10.1 Å². The van der Waals surface area contributed by atoms with Crippen molar-refractivity contribution in [3.05, 3.63) is 44.9 Å². The Morgan fingerprint density at radius 3 is 2.89 bits per heavy atom. The van der Waals surface area contributed by atoms with Crippen LogP contribution in [-0.2, 0) is 0 Å². The molecule has 0 bridgehead atoms. The molecule has 1 amide bonds. The van der Waals surface area contributed by atoms with Crippen LogP contribution in [-0.4, -0.2) is 26.0 Å². The number of carbonyl (C=O) groups is 1. The number of halogens is 1. The highest BCUT2D eigenvalue weighted by Gasteiger charge is 2.15. The molecule has 0 aliphatic rings. The number of rotatable bonds is 3. The number of aromatic nitrogens is 3. The average molecular weight is 312 g/mol. The molecular weight excluding hydrogens is 306 g/mol. The van der Waals surface area contributed by atoms with Crippen LogP contribution < -0.4 is 5.32 Å². The third-order valence-electron chi connectivity index (χ3n) is 2.03. The van der Waals surface area contributed by atoms with Gasteiger partial charge in [0.2, 0.25) is 5.82 Å². The number of nitrogens with zero attached hydrogens (tertiary/aromatic N) is 3. The van der Waals surface area contributed by atoms with Gasteiger partial charge in [-0.25, -0.2) is 4.98 Å². The van der Waals surface area contributed by atoms with Crippen molar-refractivity contribution < 1.29 is 9.72 Å². The minimum absolute atomic E-state index is 0.0283. The zero-order chi connectivity index (χ0) is 13.1. The summed E-state index contributed by atoms with van der Waals surface area (Å²) in [6.45, 7) is 0. The van der Waals surface area contributed by atoms with Crippen LogP contribution in [0.25, 0.3) is 0 Å². The van der Waals surface area contributed by atoms with E-state index in [4.69, 9.17) is 0 Å². The number of hydrogen-bond donors (Lipinski definition) is 2. The molecule has 0 saturated heterocycles. The molecule has 1 aromatic heterocycles. The smallest absolute Gasteiger partial charge is 0.292 e. The van der Waals surface area contributed by atoms with Crippen molar-refractivity contribution in [2.45, 2.75) is 0 Å². The topological polar surface area (TPSA) is 114 Å². The van der Waals surface area contributed by atoms with E-state index in [2.05, 4.69) is 36.4 Å². The van der Waals surface area contributed by atoms with Crippen molar-refractivity contribution >= 4 is 33.2 Å². The first kappa shape index (κ1) is 12.2. The van der Waals surface area contributed by atoms with Gasteiger partial charge < -0.3 is 5.32 Å². The van der Waals surface area contributed by atoms with Gasteiger partial charge in [-0.05, 0) is 28.1 Å². The van der Waals surface area contributed by atoms with Crippen molar-refractivity contribution in [3.8, 4) is 0 Å². The van der Waals surface area contributed by atoms with Crippen molar-refractivity contribution in [3.63, 3.8) is 0 Å². The predicted molar refractivity (Wildman–Crippen MR) is 65.1 cm³/mol. The van der Waals surface area contributed by atoms with Crippen LogP contribution in [0.1, 0.15) is 10.6 Å². The number of anilines is 1. The lowest BCUT2D eigenvalue weighted by Crippen LogP contribution is -2.13. The second-order valence-electron chi connectivity index (χ2n) is 3.21. The van der Waals surface area contributed by atoms with E-state index in [0.717, 1.165) is 0 Å². The molecule has 2 rings (SSSR count). The maximum Gasteiger partial charge on any atom is 0.292 e. The molecule has 2 aromatic rings. The van der Waals surface area contributed by atoms with Gasteiger partial charge in [0.1, 0.15) is 6.33 Å². The van der Waals surface area contributed by atoms with Crippen LogP contribution in [0.4, 0.5) is 11.4 Å². The van der Waals surface area contributed by atoms with Crippen molar-refractivity contribution in [2.75, 3.05) is 5.32 Å². The lowest BCUT2D eigenvalue weighted by molar-refractivity contribution is -0.385. The highest BCUT2D eigenvalue weighted by atomic mass is 79.9. The number of H-pyrrole nitrogens is 1. The van der Waals surface area contributed by atoms with Gasteiger partial charge in [-0.3, -0.25) is 20.0 Å². The Labute approximate surface area is 109 Å². The summed E-state index contributed by atoms with van der Waals surface area (Å²) in [5, 5.41) is 19.1. The monoisotopic (exact) mass is 311 g/mol. The van der Waals surface area contributed by atoms with Crippen LogP contribution >= 0.6 is 15.9 Å². The summed E-state index contributed by atoms with van der Waals surface area (Å²) < 4.78 is 0.338. The van der Waals surface area contributed by atoms with Gasteiger partial charge in [-0.2, -0.15) is 5.10 Å². The van der Waals surface area contributed by atoms with E-state index in [9.17, 15) is 14.9 Å². The van der Waals surface area contributed by atoms with Gasteiger partial charge in [0, 0.05) is 11.8 Å². The highest BCUT2D eigenvalue weighted by Crippen LogP contribution is 2.27. The summed E-state index contributed by atoms with van der Waals surface area (Å²) in [4.78, 5) is 25.5. The molecule has 0 aliphatic heterocycles. The highest BCUT2D eigenvalue weighted by molar-refractivity contribution is 9.10. The second-order valence-corrected chi connectivity index (χ2v) is 4.07. The number of benzene rings is 1. The SMILES string of the molecule is O=C(Nc1ccc(Br)c([N+](=O)[O-])c1)c1ncn[nH]1. The van der Waals surface area contributed by atoms with Crippen LogP contribution in [0.5, 0.6) is 0 Å². The van der Waals surface area contributed by atoms with Crippen LogP contribution in [0.2, 0.25) is 0 Å². The maximum absolute atomic E-state index is 11.6. The number of hydrogen-bond acceptors (Lipinski definition) is 5. The van der Waals surface area contributed by atoms with Crippen LogP contribution in [0.15, 0.2) is 29.0 Å². The number of nitrogens with one attached hydrogen (secondary N) is 2. The molecule has 0 radical (unpaired) electrons. The van der Waals surface area contributed by atoms with Crippen molar-refractivity contribution in [2.24, 2.45) is 0 Å². The van der Waals surface area contributed by atoms with Crippen molar-refractivity contribution in [1.82, 2.24) is 15.2 Å². The Kier molecular flexibility index (Phi) is 3.33. The average Bonchev–Trinajstić information content (AvgIpc) is 2.85. The molecule has 0 unspecified atom stereocenters. The van der Waals surface area contributed by atoms with E-state index in [1.165, 1.54) is 24.5 Å². The Hall–Kier alpha value is -2.29. The first-order valence-electron chi connectivity index (χ1n) is 4.68. The number of nitro benzene ring substituents is 1. The standard InChI is InChI=1S/C9H6BrN5O3/c10-6-2-1-5(3-7(6)15(17)18)13-9(16)8-11-4-12-14-8/h1-4H,(H,13,16)(H,11,12,14). The number of carbonyl (C=O) groups excluding carboxylic acids is 1. The lowest BCUT2D eigenvalue weighted by Gasteiger charge is -2.03. The minimum Gasteiger partial charge on any atom is -0.319 e. The normalized spacial score (nSPS) is 10.1. The van der Waals surface area contributed by atoms with Gasteiger partial charge in [0.05, 0.1) is 9.40 Å². The number of aromatic amines is 1. The molecule has 0 fully saturated rings. The Balaban J connectivity index is 2.22. The van der Waals surface area contributed by atoms with E-state index < -0.39 is 10.8 Å². The summed E-state index contributed by atoms with van der Waals surface area (Å²) in [5.74, 6) is -0.496. The van der Waals surface area contributed by atoms with Gasteiger partial charge in [-0.1, -0.05) is 0 Å². The molecule has 1 aromatic carbocycles. The summed E-state index contributed by atoms with van der Waals surface area (Å²) in [6.07, 6.45) is 1.19. The number of nitro groups is 1. The zero-order valence-electron chi connectivity index (χ0n) is 8.75. The molecule has 0 saturated carbocycles. The Morgan fingerprint density at radius 1 is 1.50 bits per heavy atom. The van der Waals surface area contributed by atoms with E-state index in [0.29, 0.717) is 10.2 Å². The Morgan fingerprint density at radius 2 is 2.28 bits per heavy atom. The van der Waals surface area contributed by atoms with Gasteiger partial charge in [0.25, 0.3) is 11.6 Å². The lowest BCUT2D eigenvalue weighted by atomic mass is 10.3. The summed E-state index contributed by atoms with van der Waals surface area (Å²) >= 11 is 3.05. The molecule has 9 heteroatoms. The Bertz CT molecular complexity index is 598. The predicted octanol–water partition coefficient (Wildman–Crippen LogP) is 1.73. The third kappa shape index (κ3) is 2.51. The fraction of sp³-hybridized carbons (Fsp3) is 0. The summed E-state index contributed by atoms with van der Waals surface area (Å²) in [5.41, 5.74) is 0.164. The molecule has 1 heterocycles. The first-order chi connectivity index (χ1) is 8.58. The zero-order valence-corrected chi connectivity index (χ0v) is 10.3. The quantitative estimate of drug-likeness (QED) is 0.661. The van der Waals surface area contributed by atoms with E-state index in [1.54, 1.807) is 0 Å². The fourth-order valence-electron chi connectivity index (χ4n) is 1.24. The molecule has 18 heavy (non-hydrogen) atoms. The molecule has 0 aliphatic carbocycles. The molecular formula is C9H6BrN5O3. The first-order valence-corrected chi connectivity index (χ1v) is 5.48. The molecule has 8 nitrogen and oxygen atoms in total. The van der Waals surface area contributed by atoms with Crippen LogP contribution in [0.3, 0.4) is 0 Å². The maximum atomic E-state index is 11.6. The van der Waals surface area contributed by atoms with Gasteiger partial charge in [-0.15, -0.1) is 0 Å². The largest absolute Gasteiger partial charge is 0.319 e. The fourth-order valence-corrected chi connectivity index (χ4v) is 1.63. The molecule has 92 valence electrons. The molecule has 0 spiro atoms. The van der Waals surface area contributed by atoms with Crippen molar-refractivity contribution in [1.29, 1.82) is 0 Å².